The molecule has 0 heterocycles. The first kappa shape index (κ1) is 18.3. The van der Waals surface area contributed by atoms with E-state index < -0.39 is 11.8 Å². The Labute approximate surface area is 146 Å². The summed E-state index contributed by atoms with van der Waals surface area (Å²) in [4.78, 5) is 23.1. The third kappa shape index (κ3) is 4.96. The largest absolute Gasteiger partial charge is 0.508 e. The highest BCUT2D eigenvalue weighted by Crippen LogP contribution is 2.21. The number of benzene rings is 2. The fraction of sp³-hybridized carbons (Fsp3) is 0. The van der Waals surface area contributed by atoms with Gasteiger partial charge in [-0.15, -0.1) is 0 Å². The summed E-state index contributed by atoms with van der Waals surface area (Å²) in [5, 5.41) is 44.4. The molecule has 0 saturated heterocycles. The molecule has 10 heteroatoms. The van der Waals surface area contributed by atoms with Crippen molar-refractivity contribution in [1.29, 1.82) is 0 Å². The van der Waals surface area contributed by atoms with E-state index in [1.54, 1.807) is 0 Å². The highest BCUT2D eigenvalue weighted by atomic mass is 16.3. The molecule has 0 aliphatic rings. The molecule has 2 aromatic carbocycles. The summed E-state index contributed by atoms with van der Waals surface area (Å²) in [6, 6.07) is 7.50. The van der Waals surface area contributed by atoms with Crippen LogP contribution in [0.5, 0.6) is 23.0 Å². The molecule has 2 amide bonds. The predicted octanol–water partition coefficient (Wildman–Crippen LogP) is 0.109. The number of carbonyl (C=O) groups is 2. The van der Waals surface area contributed by atoms with Gasteiger partial charge in [0.05, 0.1) is 12.4 Å². The van der Waals surface area contributed by atoms with E-state index >= 15 is 0 Å². The van der Waals surface area contributed by atoms with Gasteiger partial charge in [-0.25, -0.2) is 10.9 Å². The van der Waals surface area contributed by atoms with Crippen LogP contribution in [0.3, 0.4) is 0 Å². The van der Waals surface area contributed by atoms with E-state index in [-0.39, 0.29) is 34.1 Å². The highest BCUT2D eigenvalue weighted by Gasteiger charge is 2.11. The lowest BCUT2D eigenvalue weighted by Crippen LogP contribution is -2.35. The Morgan fingerprint density at radius 2 is 1.12 bits per heavy atom. The minimum Gasteiger partial charge on any atom is -0.508 e. The van der Waals surface area contributed by atoms with Gasteiger partial charge in [-0.1, -0.05) is 0 Å². The van der Waals surface area contributed by atoms with Crippen molar-refractivity contribution in [3.63, 3.8) is 0 Å². The number of nitrogens with zero attached hydrogens (tertiary/aromatic N) is 2. The molecule has 0 aromatic heterocycles. The molecule has 0 radical (unpaired) electrons. The predicted molar refractivity (Wildman–Crippen MR) is 91.0 cm³/mol. The summed E-state index contributed by atoms with van der Waals surface area (Å²) in [5.41, 5.74) is 4.28. The van der Waals surface area contributed by atoms with Crippen molar-refractivity contribution in [2.45, 2.75) is 0 Å². The third-order valence-corrected chi connectivity index (χ3v) is 2.97. The van der Waals surface area contributed by atoms with Gasteiger partial charge >= 0.3 is 11.8 Å². The van der Waals surface area contributed by atoms with Gasteiger partial charge in [0, 0.05) is 23.3 Å². The van der Waals surface area contributed by atoms with Crippen LogP contribution >= 0.6 is 0 Å². The van der Waals surface area contributed by atoms with Gasteiger partial charge in [0.25, 0.3) is 0 Å². The Morgan fingerprint density at radius 1 is 0.731 bits per heavy atom. The molecule has 0 saturated carbocycles. The smallest absolute Gasteiger partial charge is 0.331 e. The summed E-state index contributed by atoms with van der Waals surface area (Å²) in [6.45, 7) is 0. The maximum atomic E-state index is 11.5. The minimum atomic E-state index is -1.12. The number of aromatic hydroxyl groups is 4. The highest BCUT2D eigenvalue weighted by molar-refractivity contribution is 6.35. The van der Waals surface area contributed by atoms with E-state index in [1.165, 1.54) is 24.3 Å². The molecule has 0 aliphatic carbocycles. The van der Waals surface area contributed by atoms with Gasteiger partial charge < -0.3 is 20.4 Å². The van der Waals surface area contributed by atoms with Gasteiger partial charge in [0.15, 0.2) is 0 Å². The van der Waals surface area contributed by atoms with Gasteiger partial charge in [0.1, 0.15) is 23.0 Å². The average molecular weight is 358 g/mol. The Kier molecular flexibility index (Phi) is 5.72. The number of hydrogen-bond acceptors (Lipinski definition) is 8. The zero-order valence-corrected chi connectivity index (χ0v) is 13.1. The first-order chi connectivity index (χ1) is 12.4. The fourth-order valence-electron chi connectivity index (χ4n) is 1.70. The van der Waals surface area contributed by atoms with E-state index in [1.807, 2.05) is 10.9 Å². The summed E-state index contributed by atoms with van der Waals surface area (Å²) in [7, 11) is 0. The van der Waals surface area contributed by atoms with Crippen LogP contribution in [0, 0.1) is 0 Å². The molecule has 10 nitrogen and oxygen atoms in total. The minimum absolute atomic E-state index is 0.138. The lowest BCUT2D eigenvalue weighted by Gasteiger charge is -2.01. The fourth-order valence-corrected chi connectivity index (χ4v) is 1.70. The molecule has 0 atom stereocenters. The zero-order valence-electron chi connectivity index (χ0n) is 13.1. The second-order valence-electron chi connectivity index (χ2n) is 4.88. The maximum Gasteiger partial charge on any atom is 0.331 e. The molecule has 6 N–H and O–H groups in total. The van der Waals surface area contributed by atoms with Crippen LogP contribution in [-0.2, 0) is 9.59 Å². The SMILES string of the molecule is O=C(N/N=C\c1ccc(O)cc1O)C(=O)N/N=C/c1ccc(O)cc1O. The number of hydrogen-bond donors (Lipinski definition) is 6. The normalized spacial score (nSPS) is 10.9. The molecule has 26 heavy (non-hydrogen) atoms. The van der Waals surface area contributed by atoms with Crippen LogP contribution < -0.4 is 10.9 Å². The maximum absolute atomic E-state index is 11.5. The van der Waals surface area contributed by atoms with E-state index in [9.17, 15) is 19.8 Å². The number of phenols is 4. The van der Waals surface area contributed by atoms with Crippen molar-refractivity contribution < 1.29 is 30.0 Å². The van der Waals surface area contributed by atoms with Gasteiger partial charge in [-0.2, -0.15) is 10.2 Å². The molecule has 0 unspecified atom stereocenters. The van der Waals surface area contributed by atoms with Crippen molar-refractivity contribution in [2.75, 3.05) is 0 Å². The summed E-state index contributed by atoms with van der Waals surface area (Å²) in [6.07, 6.45) is 2.16. The molecule has 0 fully saturated rings. The number of amides is 2. The summed E-state index contributed by atoms with van der Waals surface area (Å²) < 4.78 is 0. The van der Waals surface area contributed by atoms with Crippen LogP contribution in [0.15, 0.2) is 46.6 Å². The van der Waals surface area contributed by atoms with Gasteiger partial charge in [-0.05, 0) is 24.3 Å². The standard InChI is InChI=1S/C16H14N4O6/c21-11-3-1-9(13(23)5-11)7-17-19-15(25)16(26)20-18-8-10-2-4-12(22)6-14(10)24/h1-8,21-24H,(H,19,25)(H,20,26)/b17-7-,18-8+. The van der Waals surface area contributed by atoms with Crippen molar-refractivity contribution >= 4 is 24.2 Å². The molecule has 0 aliphatic heterocycles. The molecular formula is C16H14N4O6. The Balaban J connectivity index is 1.88. The monoisotopic (exact) mass is 358 g/mol. The van der Waals surface area contributed by atoms with Crippen molar-refractivity contribution in [1.82, 2.24) is 10.9 Å². The van der Waals surface area contributed by atoms with Gasteiger partial charge in [0.2, 0.25) is 0 Å². The Hall–Kier alpha value is -4.08. The van der Waals surface area contributed by atoms with Crippen LogP contribution in [0.4, 0.5) is 0 Å². The van der Waals surface area contributed by atoms with E-state index in [0.717, 1.165) is 24.6 Å². The van der Waals surface area contributed by atoms with Crippen molar-refractivity contribution in [2.24, 2.45) is 10.2 Å². The summed E-state index contributed by atoms with van der Waals surface area (Å²) in [5.74, 6) is -3.03. The zero-order chi connectivity index (χ0) is 19.1. The molecular weight excluding hydrogens is 344 g/mol. The average Bonchev–Trinajstić information content (AvgIpc) is 2.58. The number of phenolic OH excluding ortho intramolecular Hbond substituents is 4. The van der Waals surface area contributed by atoms with Gasteiger partial charge in [-0.3, -0.25) is 9.59 Å². The van der Waals surface area contributed by atoms with E-state index in [2.05, 4.69) is 10.2 Å². The lowest BCUT2D eigenvalue weighted by molar-refractivity contribution is -0.139. The first-order valence-electron chi connectivity index (χ1n) is 7.07. The number of rotatable bonds is 4. The molecule has 134 valence electrons. The van der Waals surface area contributed by atoms with E-state index in [4.69, 9.17) is 10.2 Å². The second kappa shape index (κ2) is 8.15. The van der Waals surface area contributed by atoms with Crippen LogP contribution in [0.25, 0.3) is 0 Å². The summed E-state index contributed by atoms with van der Waals surface area (Å²) >= 11 is 0. The lowest BCUT2D eigenvalue weighted by atomic mass is 10.2. The number of carbonyl (C=O) groups excluding carboxylic acids is 2. The van der Waals surface area contributed by atoms with Crippen LogP contribution in [-0.4, -0.2) is 44.7 Å². The molecule has 2 aromatic rings. The van der Waals surface area contributed by atoms with Crippen molar-refractivity contribution in [3.05, 3.63) is 47.5 Å². The van der Waals surface area contributed by atoms with Crippen LogP contribution in [0.1, 0.15) is 11.1 Å². The molecule has 0 spiro atoms. The Bertz CT molecular complexity index is 821. The Morgan fingerprint density at radius 3 is 1.46 bits per heavy atom. The number of nitrogens with one attached hydrogen (secondary N) is 2. The third-order valence-electron chi connectivity index (χ3n) is 2.97. The van der Waals surface area contributed by atoms with E-state index in [0.29, 0.717) is 0 Å². The quantitative estimate of drug-likeness (QED) is 0.258. The molecule has 0 bridgehead atoms. The first-order valence-corrected chi connectivity index (χ1v) is 7.07. The second-order valence-corrected chi connectivity index (χ2v) is 4.88. The topological polar surface area (TPSA) is 164 Å². The van der Waals surface area contributed by atoms with Crippen molar-refractivity contribution in [3.8, 4) is 23.0 Å². The van der Waals surface area contributed by atoms with Crippen LogP contribution in [0.2, 0.25) is 0 Å². The molecule has 2 rings (SSSR count). The number of hydrazone groups is 2.